The third kappa shape index (κ3) is 4.73. The first-order valence-electron chi connectivity index (χ1n) is 8.19. The van der Waals surface area contributed by atoms with Gasteiger partial charge in [-0.05, 0) is 36.8 Å². The van der Waals surface area contributed by atoms with Gasteiger partial charge in [-0.15, -0.1) is 0 Å². The summed E-state index contributed by atoms with van der Waals surface area (Å²) < 4.78 is 11.7. The Bertz CT molecular complexity index is 884. The molecule has 3 aromatic rings. The van der Waals surface area contributed by atoms with Crippen LogP contribution in [0.3, 0.4) is 0 Å². The number of esters is 1. The molecule has 0 bridgehead atoms. The van der Waals surface area contributed by atoms with Gasteiger partial charge < -0.3 is 14.5 Å². The molecule has 26 heavy (non-hydrogen) atoms. The SMILES string of the molecule is C[C@H](NC(=O)COC(=O)Cc1ccc(Br)cc1)c1cc2ccccc2o1. The van der Waals surface area contributed by atoms with Crippen molar-refractivity contribution in [3.05, 3.63) is 70.4 Å². The Morgan fingerprint density at radius 2 is 1.88 bits per heavy atom. The minimum atomic E-state index is -0.445. The average molecular weight is 416 g/mol. The van der Waals surface area contributed by atoms with E-state index in [1.807, 2.05) is 61.5 Å². The van der Waals surface area contributed by atoms with E-state index in [1.54, 1.807) is 0 Å². The van der Waals surface area contributed by atoms with Crippen LogP contribution in [0.5, 0.6) is 0 Å². The van der Waals surface area contributed by atoms with Gasteiger partial charge in [-0.2, -0.15) is 0 Å². The van der Waals surface area contributed by atoms with Gasteiger partial charge in [-0.1, -0.05) is 46.3 Å². The number of halogens is 1. The molecule has 0 spiro atoms. The molecule has 0 aliphatic rings. The highest BCUT2D eigenvalue weighted by atomic mass is 79.9. The molecule has 0 saturated heterocycles. The zero-order chi connectivity index (χ0) is 18.5. The quantitative estimate of drug-likeness (QED) is 0.613. The molecule has 1 heterocycles. The largest absolute Gasteiger partial charge is 0.459 e. The lowest BCUT2D eigenvalue weighted by Gasteiger charge is -2.11. The lowest BCUT2D eigenvalue weighted by Crippen LogP contribution is -2.31. The van der Waals surface area contributed by atoms with Crippen molar-refractivity contribution < 1.29 is 18.7 Å². The van der Waals surface area contributed by atoms with Gasteiger partial charge in [0.2, 0.25) is 0 Å². The van der Waals surface area contributed by atoms with Crippen molar-refractivity contribution in [1.82, 2.24) is 5.32 Å². The van der Waals surface area contributed by atoms with E-state index in [1.165, 1.54) is 0 Å². The summed E-state index contributed by atoms with van der Waals surface area (Å²) in [5, 5.41) is 3.74. The van der Waals surface area contributed by atoms with Crippen LogP contribution in [0.15, 0.2) is 63.5 Å². The van der Waals surface area contributed by atoms with Crippen molar-refractivity contribution in [3.63, 3.8) is 0 Å². The number of ether oxygens (including phenoxy) is 1. The van der Waals surface area contributed by atoms with Gasteiger partial charge in [-0.25, -0.2) is 0 Å². The summed E-state index contributed by atoms with van der Waals surface area (Å²) in [6, 6.07) is 16.6. The Morgan fingerprint density at radius 1 is 1.15 bits per heavy atom. The topological polar surface area (TPSA) is 68.5 Å². The fourth-order valence-electron chi connectivity index (χ4n) is 2.54. The number of nitrogens with one attached hydrogen (secondary N) is 1. The molecule has 0 saturated carbocycles. The van der Waals surface area contributed by atoms with Crippen LogP contribution in [0, 0.1) is 0 Å². The predicted molar refractivity (Wildman–Crippen MR) is 102 cm³/mol. The standard InChI is InChI=1S/C20H18BrNO4/c1-13(18-11-15-4-2-3-5-17(15)26-18)22-19(23)12-25-20(24)10-14-6-8-16(21)9-7-14/h2-9,11,13H,10,12H2,1H3,(H,22,23)/t13-/m0/s1. The minimum absolute atomic E-state index is 0.125. The highest BCUT2D eigenvalue weighted by Crippen LogP contribution is 2.23. The normalized spacial score (nSPS) is 11.9. The maximum absolute atomic E-state index is 12.0. The molecule has 0 fully saturated rings. The smallest absolute Gasteiger partial charge is 0.310 e. The van der Waals surface area contributed by atoms with Gasteiger partial charge in [0.15, 0.2) is 6.61 Å². The number of hydrogen-bond donors (Lipinski definition) is 1. The second-order valence-corrected chi connectivity index (χ2v) is 6.86. The first-order chi connectivity index (χ1) is 12.5. The molecule has 0 aliphatic carbocycles. The van der Waals surface area contributed by atoms with Crippen molar-refractivity contribution in [2.75, 3.05) is 6.61 Å². The molecule has 0 aliphatic heterocycles. The van der Waals surface area contributed by atoms with Crippen LogP contribution in [0.1, 0.15) is 24.3 Å². The third-order valence-corrected chi connectivity index (χ3v) is 4.40. The lowest BCUT2D eigenvalue weighted by molar-refractivity contribution is -0.148. The number of carbonyl (C=O) groups is 2. The summed E-state index contributed by atoms with van der Waals surface area (Å²) in [5.74, 6) is -0.165. The first kappa shape index (κ1) is 18.2. The Labute approximate surface area is 159 Å². The van der Waals surface area contributed by atoms with Crippen molar-refractivity contribution in [1.29, 1.82) is 0 Å². The zero-order valence-electron chi connectivity index (χ0n) is 14.2. The van der Waals surface area contributed by atoms with Gasteiger partial charge >= 0.3 is 5.97 Å². The van der Waals surface area contributed by atoms with Crippen molar-refractivity contribution in [2.45, 2.75) is 19.4 Å². The Balaban J connectivity index is 1.48. The highest BCUT2D eigenvalue weighted by molar-refractivity contribution is 9.10. The lowest BCUT2D eigenvalue weighted by atomic mass is 10.2. The second kappa shape index (κ2) is 8.19. The molecule has 134 valence electrons. The molecule has 0 radical (unpaired) electrons. The zero-order valence-corrected chi connectivity index (χ0v) is 15.8. The number of furan rings is 1. The molecule has 1 atom stereocenters. The number of carbonyl (C=O) groups excluding carboxylic acids is 2. The van der Waals surface area contributed by atoms with Crippen molar-refractivity contribution in [3.8, 4) is 0 Å². The number of hydrogen-bond acceptors (Lipinski definition) is 4. The van der Waals surface area contributed by atoms with Crippen LogP contribution in [0.4, 0.5) is 0 Å². The van der Waals surface area contributed by atoms with E-state index < -0.39 is 5.97 Å². The van der Waals surface area contributed by atoms with E-state index in [9.17, 15) is 9.59 Å². The summed E-state index contributed by atoms with van der Waals surface area (Å²) in [4.78, 5) is 23.8. The van der Waals surface area contributed by atoms with Gasteiger partial charge in [0.1, 0.15) is 11.3 Å². The van der Waals surface area contributed by atoms with Gasteiger partial charge in [0.05, 0.1) is 12.5 Å². The molecule has 2 aromatic carbocycles. The monoisotopic (exact) mass is 415 g/mol. The van der Waals surface area contributed by atoms with Crippen molar-refractivity contribution in [2.24, 2.45) is 0 Å². The number of rotatable bonds is 6. The fourth-order valence-corrected chi connectivity index (χ4v) is 2.80. The van der Waals surface area contributed by atoms with E-state index in [0.29, 0.717) is 5.76 Å². The van der Waals surface area contributed by atoms with E-state index in [0.717, 1.165) is 21.0 Å². The number of fused-ring (bicyclic) bond motifs is 1. The van der Waals surface area contributed by atoms with E-state index in [-0.39, 0.29) is 25.0 Å². The Hall–Kier alpha value is -2.60. The molecule has 0 unspecified atom stereocenters. The number of para-hydroxylation sites is 1. The van der Waals surface area contributed by atoms with Gasteiger partial charge in [0, 0.05) is 9.86 Å². The van der Waals surface area contributed by atoms with Crippen LogP contribution < -0.4 is 5.32 Å². The van der Waals surface area contributed by atoms with Crippen LogP contribution in [-0.2, 0) is 20.7 Å². The number of benzene rings is 2. The molecule has 3 rings (SSSR count). The minimum Gasteiger partial charge on any atom is -0.459 e. The maximum atomic E-state index is 12.0. The summed E-state index contributed by atoms with van der Waals surface area (Å²) in [5.41, 5.74) is 1.60. The van der Waals surface area contributed by atoms with Crippen LogP contribution in [0.25, 0.3) is 11.0 Å². The molecule has 1 N–H and O–H groups in total. The predicted octanol–water partition coefficient (Wildman–Crippen LogP) is 4.16. The van der Waals surface area contributed by atoms with E-state index in [4.69, 9.17) is 9.15 Å². The van der Waals surface area contributed by atoms with Gasteiger partial charge in [-0.3, -0.25) is 9.59 Å². The number of amides is 1. The first-order valence-corrected chi connectivity index (χ1v) is 8.98. The fraction of sp³-hybridized carbons (Fsp3) is 0.200. The molecule has 1 amide bonds. The maximum Gasteiger partial charge on any atom is 0.310 e. The molecular weight excluding hydrogens is 398 g/mol. The molecule has 1 aromatic heterocycles. The van der Waals surface area contributed by atoms with Gasteiger partial charge in [0.25, 0.3) is 5.91 Å². The summed E-state index contributed by atoms with van der Waals surface area (Å²) in [7, 11) is 0. The molecule has 5 nitrogen and oxygen atoms in total. The molecule has 6 heteroatoms. The Morgan fingerprint density at radius 3 is 2.62 bits per heavy atom. The summed E-state index contributed by atoms with van der Waals surface area (Å²) in [6.07, 6.45) is 0.125. The van der Waals surface area contributed by atoms with Crippen LogP contribution >= 0.6 is 15.9 Å². The third-order valence-electron chi connectivity index (χ3n) is 3.87. The summed E-state index contributed by atoms with van der Waals surface area (Å²) in [6.45, 7) is 1.50. The average Bonchev–Trinajstić information content (AvgIpc) is 3.06. The van der Waals surface area contributed by atoms with Crippen LogP contribution in [-0.4, -0.2) is 18.5 Å². The Kier molecular flexibility index (Phi) is 5.73. The highest BCUT2D eigenvalue weighted by Gasteiger charge is 2.15. The van der Waals surface area contributed by atoms with E-state index in [2.05, 4.69) is 21.2 Å². The summed E-state index contributed by atoms with van der Waals surface area (Å²) >= 11 is 3.34. The van der Waals surface area contributed by atoms with E-state index >= 15 is 0 Å². The second-order valence-electron chi connectivity index (χ2n) is 5.94. The molecular formula is C20H18BrNO4. The van der Waals surface area contributed by atoms with Crippen molar-refractivity contribution >= 4 is 38.8 Å². The van der Waals surface area contributed by atoms with Crippen LogP contribution in [0.2, 0.25) is 0 Å².